The Bertz CT molecular complexity index is 577. The lowest BCUT2D eigenvalue weighted by molar-refractivity contribution is 0.585. The summed E-state index contributed by atoms with van der Waals surface area (Å²) >= 11 is 0. The minimum atomic E-state index is -0.959. The van der Waals surface area contributed by atoms with Crippen LogP contribution in [0.25, 0.3) is 0 Å². The van der Waals surface area contributed by atoms with Gasteiger partial charge in [-0.1, -0.05) is 0 Å². The highest BCUT2D eigenvalue weighted by Crippen LogP contribution is 2.11. The van der Waals surface area contributed by atoms with Crippen LogP contribution in [-0.4, -0.2) is 33.8 Å². The molecule has 0 saturated heterocycles. The summed E-state index contributed by atoms with van der Waals surface area (Å²) in [5, 5.41) is 6.08. The van der Waals surface area contributed by atoms with Gasteiger partial charge in [0.1, 0.15) is 11.6 Å². The molecule has 0 amide bonds. The lowest BCUT2D eigenvalue weighted by atomic mass is 10.2. The highest BCUT2D eigenvalue weighted by molar-refractivity contribution is 14.0. The minimum absolute atomic E-state index is 0. The van der Waals surface area contributed by atoms with Crippen molar-refractivity contribution in [3.8, 4) is 0 Å². The number of nitrogens with zero attached hydrogens (tertiary/aromatic N) is 1. The molecule has 0 heterocycles. The summed E-state index contributed by atoms with van der Waals surface area (Å²) in [4.78, 5) is 4.23. The van der Waals surface area contributed by atoms with Crippen LogP contribution in [0.5, 0.6) is 0 Å². The summed E-state index contributed by atoms with van der Waals surface area (Å²) in [6, 6.07) is 3.30. The van der Waals surface area contributed by atoms with Crippen molar-refractivity contribution in [2.45, 2.75) is 39.0 Å². The Hall–Kier alpha value is -0.770. The van der Waals surface area contributed by atoms with E-state index in [4.69, 9.17) is 0 Å². The fraction of sp³-hybridized carbons (Fsp3) is 0.562. The summed E-state index contributed by atoms with van der Waals surface area (Å²) in [5.41, 5.74) is 0.195. The molecule has 1 rings (SSSR count). The van der Waals surface area contributed by atoms with Gasteiger partial charge < -0.3 is 10.6 Å². The van der Waals surface area contributed by atoms with E-state index in [9.17, 15) is 13.0 Å². The van der Waals surface area contributed by atoms with E-state index in [2.05, 4.69) is 15.6 Å². The van der Waals surface area contributed by atoms with Gasteiger partial charge >= 0.3 is 0 Å². The maximum atomic E-state index is 13.6. The molecule has 8 heteroatoms. The number of halogens is 3. The normalized spacial score (nSPS) is 13.2. The van der Waals surface area contributed by atoms with Gasteiger partial charge in [-0.25, -0.2) is 13.8 Å². The fourth-order valence-electron chi connectivity index (χ4n) is 1.74. The molecule has 0 fully saturated rings. The number of hydrogen-bond donors (Lipinski definition) is 2. The second-order valence-electron chi connectivity index (χ2n) is 6.02. The van der Waals surface area contributed by atoms with Crippen molar-refractivity contribution in [3.63, 3.8) is 0 Å². The van der Waals surface area contributed by atoms with Crippen molar-refractivity contribution in [2.75, 3.05) is 18.8 Å². The molecule has 1 aromatic carbocycles. The highest BCUT2D eigenvalue weighted by Gasteiger charge is 2.18. The van der Waals surface area contributed by atoms with Gasteiger partial charge in [0.05, 0.1) is 6.54 Å². The van der Waals surface area contributed by atoms with Crippen LogP contribution in [0, 0.1) is 11.6 Å². The second-order valence-corrected chi connectivity index (χ2v) is 8.34. The van der Waals surface area contributed by atoms with E-state index in [1.54, 1.807) is 0 Å². The molecule has 2 N–H and O–H groups in total. The molecule has 0 aliphatic heterocycles. The van der Waals surface area contributed by atoms with Crippen molar-refractivity contribution in [1.29, 1.82) is 0 Å². The van der Waals surface area contributed by atoms with Crippen LogP contribution >= 0.6 is 24.0 Å². The number of nitrogens with one attached hydrogen (secondary N) is 2. The zero-order valence-electron chi connectivity index (χ0n) is 14.5. The Morgan fingerprint density at radius 1 is 1.25 bits per heavy atom. The van der Waals surface area contributed by atoms with E-state index >= 15 is 0 Å². The third-order valence-corrected chi connectivity index (χ3v) is 4.96. The first-order valence-corrected chi connectivity index (χ1v) is 8.90. The van der Waals surface area contributed by atoms with E-state index < -0.39 is 22.4 Å². The SMILES string of the molecule is CCNC(=NCc1cc(F)ccc1F)NCCS(=O)C(C)(C)C.I. The molecule has 0 spiro atoms. The minimum Gasteiger partial charge on any atom is -0.357 e. The van der Waals surface area contributed by atoms with Crippen LogP contribution in [0.4, 0.5) is 8.78 Å². The van der Waals surface area contributed by atoms with Crippen molar-refractivity contribution in [2.24, 2.45) is 4.99 Å². The summed E-state index contributed by atoms with van der Waals surface area (Å²) in [5.74, 6) is -0.000519. The quantitative estimate of drug-likeness (QED) is 0.379. The number of benzene rings is 1. The van der Waals surface area contributed by atoms with Crippen molar-refractivity contribution in [3.05, 3.63) is 35.4 Å². The van der Waals surface area contributed by atoms with Gasteiger partial charge in [-0.3, -0.25) is 4.21 Å². The van der Waals surface area contributed by atoms with Gasteiger partial charge in [-0.15, -0.1) is 24.0 Å². The number of aliphatic imine (C=N–C) groups is 1. The largest absolute Gasteiger partial charge is 0.357 e. The molecule has 0 radical (unpaired) electrons. The van der Waals surface area contributed by atoms with Crippen molar-refractivity contribution in [1.82, 2.24) is 10.6 Å². The maximum absolute atomic E-state index is 13.6. The van der Waals surface area contributed by atoms with E-state index in [0.29, 0.717) is 24.8 Å². The van der Waals surface area contributed by atoms with Crippen LogP contribution in [0.2, 0.25) is 0 Å². The molecule has 0 bridgehead atoms. The predicted octanol–water partition coefficient (Wildman–Crippen LogP) is 3.19. The lowest BCUT2D eigenvalue weighted by Gasteiger charge is -2.18. The molecule has 4 nitrogen and oxygen atoms in total. The van der Waals surface area contributed by atoms with Gasteiger partial charge in [-0.05, 0) is 45.9 Å². The summed E-state index contributed by atoms with van der Waals surface area (Å²) in [6.07, 6.45) is 0. The summed E-state index contributed by atoms with van der Waals surface area (Å²) in [6.45, 7) is 8.84. The van der Waals surface area contributed by atoms with Crippen molar-refractivity contribution >= 4 is 40.7 Å². The smallest absolute Gasteiger partial charge is 0.191 e. The Labute approximate surface area is 162 Å². The maximum Gasteiger partial charge on any atom is 0.191 e. The van der Waals surface area contributed by atoms with E-state index in [1.807, 2.05) is 27.7 Å². The molecule has 0 aromatic heterocycles. The monoisotopic (exact) mass is 473 g/mol. The fourth-order valence-corrected chi connectivity index (χ4v) is 2.64. The predicted molar refractivity (Wildman–Crippen MR) is 107 cm³/mol. The van der Waals surface area contributed by atoms with Crippen LogP contribution in [-0.2, 0) is 17.3 Å². The van der Waals surface area contributed by atoms with E-state index in [1.165, 1.54) is 0 Å². The Balaban J connectivity index is 0.00000529. The highest BCUT2D eigenvalue weighted by atomic mass is 127. The Kier molecular flexibility index (Phi) is 10.6. The average Bonchev–Trinajstić information content (AvgIpc) is 2.46. The standard InChI is InChI=1S/C16H25F2N3OS.HI/c1-5-19-15(20-8-9-23(22)16(2,3)4)21-11-12-10-13(17)6-7-14(12)18;/h6-7,10H,5,8-9,11H2,1-4H3,(H2,19,20,21);1H. The van der Waals surface area contributed by atoms with E-state index in [-0.39, 0.29) is 40.8 Å². The average molecular weight is 473 g/mol. The molecular formula is C16H26F2IN3OS. The molecule has 0 aliphatic carbocycles. The Morgan fingerprint density at radius 2 is 1.92 bits per heavy atom. The van der Waals surface area contributed by atoms with Crippen LogP contribution in [0.15, 0.2) is 23.2 Å². The first-order valence-electron chi connectivity index (χ1n) is 7.58. The molecular weight excluding hydrogens is 447 g/mol. The van der Waals surface area contributed by atoms with Crippen molar-refractivity contribution < 1.29 is 13.0 Å². The van der Waals surface area contributed by atoms with Gasteiger partial charge in [0.2, 0.25) is 0 Å². The summed E-state index contributed by atoms with van der Waals surface area (Å²) in [7, 11) is -0.959. The molecule has 1 aromatic rings. The van der Waals surface area contributed by atoms with Gasteiger partial charge in [0.15, 0.2) is 5.96 Å². The number of guanidine groups is 1. The third kappa shape index (κ3) is 8.36. The first kappa shape index (κ1) is 23.2. The third-order valence-electron chi connectivity index (χ3n) is 3.02. The Morgan fingerprint density at radius 3 is 2.50 bits per heavy atom. The molecule has 24 heavy (non-hydrogen) atoms. The number of rotatable bonds is 6. The topological polar surface area (TPSA) is 53.5 Å². The summed E-state index contributed by atoms with van der Waals surface area (Å²) < 4.78 is 38.4. The zero-order valence-corrected chi connectivity index (χ0v) is 17.6. The van der Waals surface area contributed by atoms with E-state index in [0.717, 1.165) is 18.2 Å². The zero-order chi connectivity index (χ0) is 17.5. The number of hydrogen-bond acceptors (Lipinski definition) is 2. The van der Waals surface area contributed by atoms with Gasteiger partial charge in [-0.2, -0.15) is 0 Å². The molecule has 0 aliphatic rings. The van der Waals surface area contributed by atoms with Crippen LogP contribution < -0.4 is 10.6 Å². The van der Waals surface area contributed by atoms with Crippen LogP contribution in [0.1, 0.15) is 33.3 Å². The van der Waals surface area contributed by atoms with Gasteiger partial charge in [0, 0.05) is 40.0 Å². The molecule has 138 valence electrons. The molecule has 1 unspecified atom stereocenters. The first-order chi connectivity index (χ1) is 10.7. The molecule has 0 saturated carbocycles. The van der Waals surface area contributed by atoms with Gasteiger partial charge in [0.25, 0.3) is 0 Å². The lowest BCUT2D eigenvalue weighted by Crippen LogP contribution is -2.40. The molecule has 1 atom stereocenters. The van der Waals surface area contributed by atoms with Crippen LogP contribution in [0.3, 0.4) is 0 Å². The second kappa shape index (κ2) is 11.0.